The molecule has 4 rings (SSSR count). The van der Waals surface area contributed by atoms with Gasteiger partial charge in [-0.3, -0.25) is 10.2 Å². The van der Waals surface area contributed by atoms with Crippen LogP contribution in [0.2, 0.25) is 0 Å². The van der Waals surface area contributed by atoms with Gasteiger partial charge in [-0.05, 0) is 43.5 Å². The maximum atomic E-state index is 5.78. The van der Waals surface area contributed by atoms with Crippen LogP contribution in [0.4, 0.5) is 5.82 Å². The van der Waals surface area contributed by atoms with Crippen LogP contribution >= 0.6 is 0 Å². The van der Waals surface area contributed by atoms with Gasteiger partial charge in [-0.25, -0.2) is 0 Å². The van der Waals surface area contributed by atoms with Crippen molar-refractivity contribution in [1.29, 1.82) is 0 Å². The maximum Gasteiger partial charge on any atom is 0.161 e. The minimum absolute atomic E-state index is 0.595. The first-order chi connectivity index (χ1) is 13.7. The number of fused-ring (bicyclic) bond motifs is 3. The van der Waals surface area contributed by atoms with Crippen molar-refractivity contribution in [3.8, 4) is 28.5 Å². The number of aromatic nitrogens is 2. The summed E-state index contributed by atoms with van der Waals surface area (Å²) < 4.78 is 17.0. The van der Waals surface area contributed by atoms with Crippen LogP contribution in [-0.4, -0.2) is 30.5 Å². The Morgan fingerprint density at radius 1 is 0.893 bits per heavy atom. The topological polar surface area (TPSA) is 71.3 Å². The second-order valence-electron chi connectivity index (χ2n) is 6.48. The third kappa shape index (κ3) is 3.22. The first-order valence-corrected chi connectivity index (χ1v) is 9.53. The standard InChI is InChI=1S/C22H25N3O3/c1-4-27-19-11-15-10-17-21(16(15)12-20(19)28-5-2)24-25-22(17)23-13-14-8-6-7-9-18(14)26-3/h6-12,23-25H,4-5,13H2,1-3H3. The molecule has 0 aromatic heterocycles. The van der Waals surface area contributed by atoms with E-state index < -0.39 is 0 Å². The van der Waals surface area contributed by atoms with Gasteiger partial charge in [-0.1, -0.05) is 18.2 Å². The molecule has 3 N–H and O–H groups in total. The van der Waals surface area contributed by atoms with E-state index in [1.807, 2.05) is 44.2 Å². The predicted molar refractivity (Wildman–Crippen MR) is 112 cm³/mol. The summed E-state index contributed by atoms with van der Waals surface area (Å²) in [6.07, 6.45) is 0. The van der Waals surface area contributed by atoms with Crippen LogP contribution in [0.3, 0.4) is 0 Å². The predicted octanol–water partition coefficient (Wildman–Crippen LogP) is 5.02. The fourth-order valence-electron chi connectivity index (χ4n) is 3.52. The Labute approximate surface area is 164 Å². The van der Waals surface area contributed by atoms with Gasteiger partial charge >= 0.3 is 0 Å². The summed E-state index contributed by atoms with van der Waals surface area (Å²) in [6.45, 7) is 5.80. The third-order valence-electron chi connectivity index (χ3n) is 4.78. The fraction of sp³-hybridized carbons (Fsp3) is 0.273. The number of hydrogen-bond donors (Lipinski definition) is 3. The monoisotopic (exact) mass is 379 g/mol. The van der Waals surface area contributed by atoms with Gasteiger partial charge in [-0.15, -0.1) is 0 Å². The van der Waals surface area contributed by atoms with E-state index in [1.165, 1.54) is 0 Å². The summed E-state index contributed by atoms with van der Waals surface area (Å²) >= 11 is 0. The van der Waals surface area contributed by atoms with Crippen LogP contribution in [0.15, 0.2) is 42.5 Å². The van der Waals surface area contributed by atoms with E-state index >= 15 is 0 Å². The molecule has 0 atom stereocenters. The minimum Gasteiger partial charge on any atom is -0.496 e. The third-order valence-corrected chi connectivity index (χ3v) is 4.78. The van der Waals surface area contributed by atoms with E-state index in [0.717, 1.165) is 50.7 Å². The number of aromatic amines is 2. The van der Waals surface area contributed by atoms with Crippen molar-refractivity contribution in [3.63, 3.8) is 0 Å². The number of hydrogen-bond acceptors (Lipinski definition) is 4. The molecule has 2 aromatic rings. The molecular weight excluding hydrogens is 354 g/mol. The van der Waals surface area contributed by atoms with E-state index in [1.54, 1.807) is 7.11 Å². The van der Waals surface area contributed by atoms with Crippen molar-refractivity contribution in [2.24, 2.45) is 0 Å². The minimum atomic E-state index is 0.595. The molecule has 2 aromatic carbocycles. The summed E-state index contributed by atoms with van der Waals surface area (Å²) in [4.78, 5) is 0. The summed E-state index contributed by atoms with van der Waals surface area (Å²) in [5.41, 5.74) is 3.24. The quantitative estimate of drug-likeness (QED) is 0.402. The Morgan fingerprint density at radius 2 is 1.64 bits per heavy atom. The van der Waals surface area contributed by atoms with Crippen molar-refractivity contribution in [2.75, 3.05) is 25.6 Å². The van der Waals surface area contributed by atoms with Crippen molar-refractivity contribution < 1.29 is 14.2 Å². The van der Waals surface area contributed by atoms with Gasteiger partial charge in [-0.2, -0.15) is 0 Å². The number of rotatable bonds is 8. The molecule has 0 fully saturated rings. The molecule has 0 radical (unpaired) electrons. The summed E-state index contributed by atoms with van der Waals surface area (Å²) in [5, 5.41) is 12.2. The van der Waals surface area contributed by atoms with Crippen LogP contribution in [0.5, 0.6) is 17.2 Å². The summed E-state index contributed by atoms with van der Waals surface area (Å²) in [7, 11) is 1.69. The second kappa shape index (κ2) is 7.76. The number of benzene rings is 2. The van der Waals surface area contributed by atoms with Gasteiger partial charge in [0.05, 0.1) is 26.0 Å². The lowest BCUT2D eigenvalue weighted by Gasteiger charge is -2.11. The lowest BCUT2D eigenvalue weighted by Crippen LogP contribution is -2.02. The van der Waals surface area contributed by atoms with Crippen LogP contribution in [0.25, 0.3) is 22.0 Å². The molecule has 28 heavy (non-hydrogen) atoms. The van der Waals surface area contributed by atoms with Crippen LogP contribution in [0, 0.1) is 0 Å². The Morgan fingerprint density at radius 3 is 2.39 bits per heavy atom. The van der Waals surface area contributed by atoms with Gasteiger partial charge in [0, 0.05) is 23.1 Å². The summed E-state index contributed by atoms with van der Waals surface area (Å²) in [6, 6.07) is 14.2. The molecule has 0 saturated heterocycles. The van der Waals surface area contributed by atoms with Crippen LogP contribution < -0.4 is 19.5 Å². The molecule has 6 nitrogen and oxygen atoms in total. The number of anilines is 1. The van der Waals surface area contributed by atoms with E-state index in [9.17, 15) is 0 Å². The van der Waals surface area contributed by atoms with Crippen LogP contribution in [0.1, 0.15) is 19.4 Å². The zero-order chi connectivity index (χ0) is 19.5. The highest BCUT2D eigenvalue weighted by Gasteiger charge is 2.19. The molecule has 2 aliphatic rings. The second-order valence-corrected chi connectivity index (χ2v) is 6.48. The lowest BCUT2D eigenvalue weighted by molar-refractivity contribution is 0.288. The van der Waals surface area contributed by atoms with Gasteiger partial charge in [0.15, 0.2) is 11.5 Å². The van der Waals surface area contributed by atoms with E-state index in [-0.39, 0.29) is 0 Å². The number of methoxy groups -OCH3 is 1. The summed E-state index contributed by atoms with van der Waals surface area (Å²) in [5.74, 6) is 3.35. The first-order valence-electron chi connectivity index (χ1n) is 9.53. The molecule has 0 amide bonds. The number of H-pyrrole nitrogens is 2. The highest BCUT2D eigenvalue weighted by molar-refractivity contribution is 6.05. The molecule has 1 aliphatic carbocycles. The molecule has 6 heteroatoms. The normalized spacial score (nSPS) is 11.1. The molecule has 0 bridgehead atoms. The van der Waals surface area contributed by atoms with Gasteiger partial charge < -0.3 is 19.5 Å². The van der Waals surface area contributed by atoms with Gasteiger partial charge in [0.1, 0.15) is 11.6 Å². The van der Waals surface area contributed by atoms with Crippen molar-refractivity contribution in [3.05, 3.63) is 48.0 Å². The zero-order valence-corrected chi connectivity index (χ0v) is 16.4. The molecule has 0 spiro atoms. The molecule has 1 heterocycles. The Kier molecular flexibility index (Phi) is 5.02. The molecule has 0 saturated carbocycles. The highest BCUT2D eigenvalue weighted by atomic mass is 16.5. The largest absolute Gasteiger partial charge is 0.496 e. The Hall–Kier alpha value is -3.28. The Balaban J connectivity index is 1.66. The smallest absolute Gasteiger partial charge is 0.161 e. The number of nitrogens with one attached hydrogen (secondary N) is 3. The average molecular weight is 379 g/mol. The molecule has 1 aliphatic heterocycles. The van der Waals surface area contributed by atoms with Crippen molar-refractivity contribution in [2.45, 2.75) is 20.4 Å². The number of para-hydroxylation sites is 1. The highest BCUT2D eigenvalue weighted by Crippen LogP contribution is 2.42. The molecular formula is C22H25N3O3. The molecule has 146 valence electrons. The van der Waals surface area contributed by atoms with Gasteiger partial charge in [0.25, 0.3) is 0 Å². The van der Waals surface area contributed by atoms with Gasteiger partial charge in [0.2, 0.25) is 0 Å². The van der Waals surface area contributed by atoms with Crippen LogP contribution in [-0.2, 0) is 6.54 Å². The van der Waals surface area contributed by atoms with E-state index in [2.05, 4.69) is 27.6 Å². The SMILES string of the molecule is CCOc1cc2cc3c(NCc4ccccc4OC)[nH][nH]c-3c2cc1OCC. The van der Waals surface area contributed by atoms with Crippen molar-refractivity contribution >= 4 is 16.6 Å². The van der Waals surface area contributed by atoms with Crippen molar-refractivity contribution in [1.82, 2.24) is 10.2 Å². The zero-order valence-electron chi connectivity index (χ0n) is 16.4. The first kappa shape index (κ1) is 18.1. The lowest BCUT2D eigenvalue weighted by atomic mass is 10.2. The average Bonchev–Trinajstić information content (AvgIpc) is 3.26. The number of ether oxygens (including phenoxy) is 3. The maximum absolute atomic E-state index is 5.78. The Bertz CT molecular complexity index is 1050. The van der Waals surface area contributed by atoms with E-state index in [4.69, 9.17) is 14.2 Å². The molecule has 0 unspecified atom stereocenters. The fourth-order valence-corrected chi connectivity index (χ4v) is 3.52. The van der Waals surface area contributed by atoms with E-state index in [0.29, 0.717) is 19.8 Å².